The van der Waals surface area contributed by atoms with Crippen LogP contribution in [-0.4, -0.2) is 53.4 Å². The first kappa shape index (κ1) is 18.9. The number of hydrogen-bond acceptors (Lipinski definition) is 4. The maximum absolute atomic E-state index is 12.7. The van der Waals surface area contributed by atoms with Gasteiger partial charge in [0.1, 0.15) is 0 Å². The van der Waals surface area contributed by atoms with E-state index in [1.165, 1.54) is 0 Å². The predicted molar refractivity (Wildman–Crippen MR) is 102 cm³/mol. The molecule has 0 spiro atoms. The number of ether oxygens (including phenoxy) is 1. The van der Waals surface area contributed by atoms with Crippen molar-refractivity contribution >= 4 is 17.6 Å². The third-order valence-corrected chi connectivity index (χ3v) is 4.58. The van der Waals surface area contributed by atoms with Crippen LogP contribution < -0.4 is 10.6 Å². The number of urea groups is 1. The summed E-state index contributed by atoms with van der Waals surface area (Å²) < 4.78 is 6.73. The number of fused-ring (bicyclic) bond motifs is 1. The van der Waals surface area contributed by atoms with Crippen LogP contribution in [0.4, 0.5) is 10.5 Å². The Balaban J connectivity index is 1.70. The van der Waals surface area contributed by atoms with E-state index in [9.17, 15) is 9.59 Å². The number of hydrogen-bond donors (Lipinski definition) is 2. The van der Waals surface area contributed by atoms with Crippen LogP contribution in [0.5, 0.6) is 0 Å². The normalized spacial score (nSPS) is 13.2. The Morgan fingerprint density at radius 2 is 2.04 bits per heavy atom. The second-order valence-corrected chi connectivity index (χ2v) is 6.47. The number of amides is 3. The zero-order valence-electron chi connectivity index (χ0n) is 15.7. The summed E-state index contributed by atoms with van der Waals surface area (Å²) in [4.78, 5) is 26.8. The molecule has 27 heavy (non-hydrogen) atoms. The minimum Gasteiger partial charge on any atom is -0.385 e. The van der Waals surface area contributed by atoms with Crippen molar-refractivity contribution in [3.63, 3.8) is 0 Å². The molecule has 3 rings (SSSR count). The predicted octanol–water partition coefficient (Wildman–Crippen LogP) is 1.78. The molecule has 0 unspecified atom stereocenters. The van der Waals surface area contributed by atoms with E-state index in [4.69, 9.17) is 4.74 Å². The third-order valence-electron chi connectivity index (χ3n) is 4.58. The van der Waals surface area contributed by atoms with Crippen LogP contribution in [0.3, 0.4) is 0 Å². The van der Waals surface area contributed by atoms with Gasteiger partial charge < -0.3 is 20.3 Å². The average molecular weight is 371 g/mol. The molecule has 0 aliphatic carbocycles. The molecule has 0 bridgehead atoms. The van der Waals surface area contributed by atoms with Crippen molar-refractivity contribution in [1.82, 2.24) is 20.0 Å². The van der Waals surface area contributed by atoms with Crippen LogP contribution in [0.2, 0.25) is 0 Å². The number of methoxy groups -OCH3 is 1. The first-order valence-corrected chi connectivity index (χ1v) is 9.03. The Kier molecular flexibility index (Phi) is 6.08. The van der Waals surface area contributed by atoms with Crippen LogP contribution >= 0.6 is 0 Å². The molecule has 0 saturated carbocycles. The molecule has 2 N–H and O–H groups in total. The van der Waals surface area contributed by atoms with Crippen LogP contribution in [-0.2, 0) is 24.8 Å². The van der Waals surface area contributed by atoms with Gasteiger partial charge in [-0.05, 0) is 18.6 Å². The number of rotatable bonds is 6. The minimum atomic E-state index is -0.264. The Labute approximate surface area is 158 Å². The molecule has 1 aromatic heterocycles. The summed E-state index contributed by atoms with van der Waals surface area (Å²) in [5.41, 5.74) is 2.89. The van der Waals surface area contributed by atoms with Crippen molar-refractivity contribution in [3.8, 4) is 0 Å². The fraction of sp³-hybridized carbons (Fsp3) is 0.421. The molecular formula is C19H25N5O3. The van der Waals surface area contributed by atoms with Gasteiger partial charge in [-0.1, -0.05) is 18.2 Å². The largest absolute Gasteiger partial charge is 0.385 e. The topological polar surface area (TPSA) is 88.5 Å². The van der Waals surface area contributed by atoms with E-state index in [0.717, 1.165) is 17.7 Å². The van der Waals surface area contributed by atoms with Crippen molar-refractivity contribution in [2.45, 2.75) is 19.4 Å². The van der Waals surface area contributed by atoms with Crippen molar-refractivity contribution in [2.75, 3.05) is 32.1 Å². The summed E-state index contributed by atoms with van der Waals surface area (Å²) in [5, 5.41) is 10.2. The maximum Gasteiger partial charge on any atom is 0.317 e. The van der Waals surface area contributed by atoms with E-state index in [-0.39, 0.29) is 11.9 Å². The van der Waals surface area contributed by atoms with Crippen molar-refractivity contribution in [3.05, 3.63) is 47.3 Å². The second-order valence-electron chi connectivity index (χ2n) is 6.47. The summed E-state index contributed by atoms with van der Waals surface area (Å²) in [7, 11) is 3.47. The smallest absolute Gasteiger partial charge is 0.317 e. The van der Waals surface area contributed by atoms with Gasteiger partial charge in [0.05, 0.1) is 6.54 Å². The fourth-order valence-corrected chi connectivity index (χ4v) is 3.18. The van der Waals surface area contributed by atoms with Crippen LogP contribution in [0.15, 0.2) is 30.3 Å². The number of nitrogens with zero attached hydrogens (tertiary/aromatic N) is 3. The van der Waals surface area contributed by atoms with Crippen LogP contribution in [0.1, 0.15) is 28.2 Å². The van der Waals surface area contributed by atoms with E-state index in [1.807, 2.05) is 37.4 Å². The van der Waals surface area contributed by atoms with Gasteiger partial charge in [-0.3, -0.25) is 9.48 Å². The van der Waals surface area contributed by atoms with E-state index in [0.29, 0.717) is 44.0 Å². The number of benzene rings is 1. The summed E-state index contributed by atoms with van der Waals surface area (Å²) in [6, 6.07) is 9.13. The molecular weight excluding hydrogens is 346 g/mol. The molecule has 3 amide bonds. The zero-order chi connectivity index (χ0) is 19.2. The fourth-order valence-electron chi connectivity index (χ4n) is 3.18. The van der Waals surface area contributed by atoms with E-state index >= 15 is 0 Å². The monoisotopic (exact) mass is 371 g/mol. The van der Waals surface area contributed by atoms with E-state index < -0.39 is 0 Å². The SMILES string of the molecule is COCCCNC(=O)N1CCc2c(c(C(=O)Nc3ccccc3)nn2C)C1. The first-order valence-electron chi connectivity index (χ1n) is 9.03. The number of aryl methyl sites for hydroxylation is 1. The Morgan fingerprint density at radius 1 is 1.26 bits per heavy atom. The molecule has 0 radical (unpaired) electrons. The summed E-state index contributed by atoms with van der Waals surface area (Å²) >= 11 is 0. The van der Waals surface area contributed by atoms with E-state index in [2.05, 4.69) is 15.7 Å². The van der Waals surface area contributed by atoms with Gasteiger partial charge in [-0.2, -0.15) is 5.10 Å². The lowest BCUT2D eigenvalue weighted by atomic mass is 10.0. The molecule has 8 nitrogen and oxygen atoms in total. The molecule has 2 aromatic rings. The standard InChI is InChI=1S/C19H25N5O3/c1-23-16-9-11-24(19(26)20-10-6-12-27-2)13-15(16)17(22-23)18(25)21-14-7-4-3-5-8-14/h3-5,7-8H,6,9-13H2,1-2H3,(H,20,26)(H,21,25). The molecule has 1 aliphatic heterocycles. The van der Waals surface area contributed by atoms with Gasteiger partial charge in [0.2, 0.25) is 0 Å². The number of carbonyl (C=O) groups is 2. The Bertz CT molecular complexity index is 803. The maximum atomic E-state index is 12.7. The quantitative estimate of drug-likeness (QED) is 0.758. The van der Waals surface area contributed by atoms with Gasteiger partial charge >= 0.3 is 6.03 Å². The lowest BCUT2D eigenvalue weighted by Crippen LogP contribution is -2.43. The average Bonchev–Trinajstić information content (AvgIpc) is 3.02. The lowest BCUT2D eigenvalue weighted by molar-refractivity contribution is 0.101. The zero-order valence-corrected chi connectivity index (χ0v) is 15.7. The molecule has 0 saturated heterocycles. The Morgan fingerprint density at radius 3 is 2.78 bits per heavy atom. The Hall–Kier alpha value is -2.87. The number of nitrogens with one attached hydrogen (secondary N) is 2. The highest BCUT2D eigenvalue weighted by atomic mass is 16.5. The van der Waals surface area contributed by atoms with E-state index in [1.54, 1.807) is 16.7 Å². The third kappa shape index (κ3) is 4.46. The van der Waals surface area contributed by atoms with Gasteiger partial charge in [0, 0.05) is 57.2 Å². The van der Waals surface area contributed by atoms with Crippen molar-refractivity contribution in [1.29, 1.82) is 0 Å². The highest BCUT2D eigenvalue weighted by Crippen LogP contribution is 2.23. The number of anilines is 1. The molecule has 0 fully saturated rings. The van der Waals surface area contributed by atoms with Crippen LogP contribution in [0, 0.1) is 0 Å². The molecule has 144 valence electrons. The van der Waals surface area contributed by atoms with Crippen molar-refractivity contribution < 1.29 is 14.3 Å². The summed E-state index contributed by atoms with van der Waals surface area (Å²) in [5.74, 6) is -0.264. The first-order chi connectivity index (χ1) is 13.1. The minimum absolute atomic E-state index is 0.130. The second kappa shape index (κ2) is 8.68. The molecule has 8 heteroatoms. The summed E-state index contributed by atoms with van der Waals surface area (Å²) in [6.07, 6.45) is 1.43. The van der Waals surface area contributed by atoms with Gasteiger partial charge in [-0.15, -0.1) is 0 Å². The molecule has 2 heterocycles. The number of carbonyl (C=O) groups excluding carboxylic acids is 2. The summed E-state index contributed by atoms with van der Waals surface area (Å²) in [6.45, 7) is 2.14. The highest BCUT2D eigenvalue weighted by Gasteiger charge is 2.29. The number of para-hydroxylation sites is 1. The lowest BCUT2D eigenvalue weighted by Gasteiger charge is -2.27. The molecule has 0 atom stereocenters. The molecule has 1 aromatic carbocycles. The van der Waals surface area contributed by atoms with Gasteiger partial charge in [-0.25, -0.2) is 4.79 Å². The van der Waals surface area contributed by atoms with Crippen LogP contribution in [0.25, 0.3) is 0 Å². The van der Waals surface area contributed by atoms with Crippen molar-refractivity contribution in [2.24, 2.45) is 7.05 Å². The molecule has 1 aliphatic rings. The van der Waals surface area contributed by atoms with Gasteiger partial charge in [0.15, 0.2) is 5.69 Å². The van der Waals surface area contributed by atoms with Gasteiger partial charge in [0.25, 0.3) is 5.91 Å². The highest BCUT2D eigenvalue weighted by molar-refractivity contribution is 6.04. The number of aromatic nitrogens is 2.